The number of rotatable bonds is 1. The van der Waals surface area contributed by atoms with Crippen LogP contribution in [0.3, 0.4) is 0 Å². The molecule has 1 heterocycles. The number of piperidine rings is 1. The molecule has 0 aromatic heterocycles. The summed E-state index contributed by atoms with van der Waals surface area (Å²) in [6, 6.07) is -0.346. The van der Waals surface area contributed by atoms with Crippen molar-refractivity contribution in [3.63, 3.8) is 0 Å². The fourth-order valence-electron chi connectivity index (χ4n) is 1.62. The molecule has 0 aromatic rings. The second-order valence-electron chi connectivity index (χ2n) is 4.78. The summed E-state index contributed by atoms with van der Waals surface area (Å²) in [6.07, 6.45) is 2.18. The summed E-state index contributed by atoms with van der Waals surface area (Å²) < 4.78 is 0. The van der Waals surface area contributed by atoms with E-state index in [9.17, 15) is 4.79 Å². The molecule has 3 nitrogen and oxygen atoms in total. The summed E-state index contributed by atoms with van der Waals surface area (Å²) in [4.78, 5) is 13.4. The number of hydrogen-bond donors (Lipinski definition) is 1. The minimum absolute atomic E-state index is 0.0931. The molecule has 76 valence electrons. The number of nitrogens with zero attached hydrogens (tertiary/aromatic N) is 1. The van der Waals surface area contributed by atoms with Crippen molar-refractivity contribution < 1.29 is 4.79 Å². The van der Waals surface area contributed by atoms with E-state index in [1.807, 2.05) is 4.90 Å². The second kappa shape index (κ2) is 3.66. The van der Waals surface area contributed by atoms with Crippen molar-refractivity contribution in [3.8, 4) is 0 Å². The van der Waals surface area contributed by atoms with Crippen LogP contribution in [-0.4, -0.2) is 29.9 Å². The van der Waals surface area contributed by atoms with Crippen molar-refractivity contribution in [2.24, 2.45) is 11.1 Å². The number of carbonyl (C=O) groups is 1. The molecule has 0 radical (unpaired) electrons. The van der Waals surface area contributed by atoms with Gasteiger partial charge in [-0.05, 0) is 25.2 Å². The predicted molar refractivity (Wildman–Crippen MR) is 53.2 cm³/mol. The Bertz CT molecular complexity index is 189. The normalized spacial score (nSPS) is 24.2. The molecular weight excluding hydrogens is 164 g/mol. The van der Waals surface area contributed by atoms with Crippen LogP contribution in [0.25, 0.3) is 0 Å². The van der Waals surface area contributed by atoms with Crippen molar-refractivity contribution in [3.05, 3.63) is 0 Å². The Morgan fingerprint density at radius 1 is 1.38 bits per heavy atom. The minimum Gasteiger partial charge on any atom is -0.341 e. The van der Waals surface area contributed by atoms with Crippen LogP contribution < -0.4 is 5.73 Å². The van der Waals surface area contributed by atoms with Gasteiger partial charge in [-0.15, -0.1) is 0 Å². The van der Waals surface area contributed by atoms with Gasteiger partial charge in [0.2, 0.25) is 5.91 Å². The third-order valence-electron chi connectivity index (χ3n) is 2.82. The molecule has 3 heteroatoms. The molecular formula is C10H20N2O. The van der Waals surface area contributed by atoms with E-state index >= 15 is 0 Å². The molecule has 0 unspecified atom stereocenters. The lowest BCUT2D eigenvalue weighted by Crippen LogP contribution is -2.47. The molecule has 1 aliphatic rings. The van der Waals surface area contributed by atoms with Gasteiger partial charge in [-0.25, -0.2) is 0 Å². The maximum absolute atomic E-state index is 11.5. The van der Waals surface area contributed by atoms with Gasteiger partial charge in [0, 0.05) is 13.1 Å². The van der Waals surface area contributed by atoms with Crippen molar-refractivity contribution >= 4 is 5.91 Å². The third-order valence-corrected chi connectivity index (χ3v) is 2.82. The molecule has 1 atom stereocenters. The zero-order chi connectivity index (χ0) is 10.1. The maximum atomic E-state index is 11.5. The Balaban J connectivity index is 2.46. The van der Waals surface area contributed by atoms with E-state index in [1.54, 1.807) is 6.92 Å². The molecule has 2 N–H and O–H groups in total. The highest BCUT2D eigenvalue weighted by atomic mass is 16.2. The first kappa shape index (κ1) is 10.5. The van der Waals surface area contributed by atoms with Gasteiger partial charge in [-0.1, -0.05) is 13.8 Å². The first-order valence-electron chi connectivity index (χ1n) is 4.97. The topological polar surface area (TPSA) is 46.3 Å². The van der Waals surface area contributed by atoms with E-state index in [2.05, 4.69) is 13.8 Å². The fourth-order valence-corrected chi connectivity index (χ4v) is 1.62. The molecule has 0 aliphatic carbocycles. The highest BCUT2D eigenvalue weighted by Crippen LogP contribution is 2.29. The number of carbonyl (C=O) groups excluding carboxylic acids is 1. The Hall–Kier alpha value is -0.570. The zero-order valence-corrected chi connectivity index (χ0v) is 8.84. The molecule has 0 bridgehead atoms. The van der Waals surface area contributed by atoms with Crippen molar-refractivity contribution in [2.75, 3.05) is 13.1 Å². The predicted octanol–water partition coefficient (Wildman–Crippen LogP) is 0.982. The fraction of sp³-hybridized carbons (Fsp3) is 0.900. The van der Waals surface area contributed by atoms with Crippen LogP contribution in [0, 0.1) is 5.41 Å². The summed E-state index contributed by atoms with van der Waals surface area (Å²) in [6.45, 7) is 7.99. The van der Waals surface area contributed by atoms with Gasteiger partial charge in [0.25, 0.3) is 0 Å². The van der Waals surface area contributed by atoms with E-state index < -0.39 is 0 Å². The SMILES string of the molecule is C[C@@H](N)C(=O)N1CCC(C)(C)CC1. The minimum atomic E-state index is -0.346. The van der Waals surface area contributed by atoms with Crippen molar-refractivity contribution in [1.82, 2.24) is 4.90 Å². The smallest absolute Gasteiger partial charge is 0.239 e. The van der Waals surface area contributed by atoms with Gasteiger partial charge in [0.05, 0.1) is 6.04 Å². The number of hydrogen-bond acceptors (Lipinski definition) is 2. The summed E-state index contributed by atoms with van der Waals surface area (Å²) >= 11 is 0. The third kappa shape index (κ3) is 2.69. The van der Waals surface area contributed by atoms with E-state index in [1.165, 1.54) is 0 Å². The Morgan fingerprint density at radius 3 is 2.23 bits per heavy atom. The second-order valence-corrected chi connectivity index (χ2v) is 4.78. The average Bonchev–Trinajstić information content (AvgIpc) is 2.03. The van der Waals surface area contributed by atoms with Crippen LogP contribution in [0.15, 0.2) is 0 Å². The quantitative estimate of drug-likeness (QED) is 0.660. The highest BCUT2D eigenvalue weighted by molar-refractivity contribution is 5.81. The number of likely N-dealkylation sites (tertiary alicyclic amines) is 1. The Labute approximate surface area is 80.3 Å². The van der Waals surface area contributed by atoms with Crippen molar-refractivity contribution in [1.29, 1.82) is 0 Å². The van der Waals surface area contributed by atoms with Gasteiger partial charge in [-0.2, -0.15) is 0 Å². The van der Waals surface area contributed by atoms with E-state index in [0.29, 0.717) is 5.41 Å². The number of amides is 1. The van der Waals surface area contributed by atoms with Crippen LogP contribution in [0.2, 0.25) is 0 Å². The van der Waals surface area contributed by atoms with Crippen LogP contribution in [0.5, 0.6) is 0 Å². The van der Waals surface area contributed by atoms with Crippen molar-refractivity contribution in [2.45, 2.75) is 39.7 Å². The first-order valence-corrected chi connectivity index (χ1v) is 4.97. The standard InChI is InChI=1S/C10H20N2O/c1-8(11)9(13)12-6-4-10(2,3)5-7-12/h8H,4-7,11H2,1-3H3/t8-/m1/s1. The summed E-state index contributed by atoms with van der Waals surface area (Å²) in [5.41, 5.74) is 5.94. The lowest BCUT2D eigenvalue weighted by Gasteiger charge is -2.37. The van der Waals surface area contributed by atoms with Crippen LogP contribution >= 0.6 is 0 Å². The van der Waals surface area contributed by atoms with Gasteiger partial charge in [0.1, 0.15) is 0 Å². The molecule has 1 aliphatic heterocycles. The highest BCUT2D eigenvalue weighted by Gasteiger charge is 2.28. The Kier molecular flexibility index (Phi) is 2.96. The molecule has 13 heavy (non-hydrogen) atoms. The van der Waals surface area contributed by atoms with Crippen LogP contribution in [-0.2, 0) is 4.79 Å². The lowest BCUT2D eigenvalue weighted by atomic mass is 9.82. The summed E-state index contributed by atoms with van der Waals surface area (Å²) in [5.74, 6) is 0.0931. The Morgan fingerprint density at radius 2 is 1.85 bits per heavy atom. The zero-order valence-electron chi connectivity index (χ0n) is 8.84. The van der Waals surface area contributed by atoms with Gasteiger partial charge >= 0.3 is 0 Å². The monoisotopic (exact) mass is 184 g/mol. The first-order chi connectivity index (χ1) is 5.92. The molecule has 1 fully saturated rings. The molecule has 1 saturated heterocycles. The van der Waals surface area contributed by atoms with Crippen LogP contribution in [0.1, 0.15) is 33.6 Å². The van der Waals surface area contributed by atoms with E-state index in [0.717, 1.165) is 25.9 Å². The van der Waals surface area contributed by atoms with E-state index in [4.69, 9.17) is 5.73 Å². The van der Waals surface area contributed by atoms with E-state index in [-0.39, 0.29) is 11.9 Å². The average molecular weight is 184 g/mol. The largest absolute Gasteiger partial charge is 0.341 e. The van der Waals surface area contributed by atoms with Gasteiger partial charge in [0.15, 0.2) is 0 Å². The maximum Gasteiger partial charge on any atom is 0.239 e. The molecule has 0 saturated carbocycles. The molecule has 0 spiro atoms. The summed E-state index contributed by atoms with van der Waals surface area (Å²) in [7, 11) is 0. The van der Waals surface area contributed by atoms with Crippen LogP contribution in [0.4, 0.5) is 0 Å². The molecule has 1 rings (SSSR count). The lowest BCUT2D eigenvalue weighted by molar-refractivity contribution is -0.134. The molecule has 1 amide bonds. The molecule has 0 aromatic carbocycles. The summed E-state index contributed by atoms with van der Waals surface area (Å²) in [5, 5.41) is 0. The van der Waals surface area contributed by atoms with Gasteiger partial charge in [-0.3, -0.25) is 4.79 Å². The number of nitrogens with two attached hydrogens (primary N) is 1. The van der Waals surface area contributed by atoms with Gasteiger partial charge < -0.3 is 10.6 Å².